The lowest BCUT2D eigenvalue weighted by molar-refractivity contribution is -0.161. The molecule has 0 spiro atoms. The summed E-state index contributed by atoms with van der Waals surface area (Å²) in [7, 11) is 0. The normalized spacial score (nSPS) is 18.3. The Morgan fingerprint density at radius 3 is 2.40 bits per heavy atom. The van der Waals surface area contributed by atoms with Crippen molar-refractivity contribution in [2.75, 3.05) is 6.61 Å². The van der Waals surface area contributed by atoms with Gasteiger partial charge < -0.3 is 4.74 Å². The molecule has 0 aliphatic heterocycles. The van der Waals surface area contributed by atoms with Crippen LogP contribution >= 0.6 is 0 Å². The van der Waals surface area contributed by atoms with Crippen LogP contribution in [-0.4, -0.2) is 12.6 Å². The topological polar surface area (TPSA) is 26.3 Å². The lowest BCUT2D eigenvalue weighted by Gasteiger charge is -2.39. The minimum absolute atomic E-state index is 0.0627. The minimum atomic E-state index is -0.0796. The van der Waals surface area contributed by atoms with E-state index in [-0.39, 0.29) is 11.4 Å². The van der Waals surface area contributed by atoms with Gasteiger partial charge in [-0.2, -0.15) is 0 Å². The number of ether oxygens (including phenoxy) is 1. The highest BCUT2D eigenvalue weighted by atomic mass is 16.5. The second-order valence-corrected chi connectivity index (χ2v) is 4.67. The molecule has 0 amide bonds. The van der Waals surface area contributed by atoms with Crippen LogP contribution in [0.15, 0.2) is 0 Å². The molecule has 1 fully saturated rings. The van der Waals surface area contributed by atoms with E-state index in [1.165, 1.54) is 32.1 Å². The second kappa shape index (κ2) is 6.14. The van der Waals surface area contributed by atoms with Crippen LogP contribution in [0.5, 0.6) is 0 Å². The van der Waals surface area contributed by atoms with E-state index >= 15 is 0 Å². The van der Waals surface area contributed by atoms with Gasteiger partial charge in [0, 0.05) is 0 Å². The smallest absolute Gasteiger partial charge is 0.312 e. The highest BCUT2D eigenvalue weighted by Crippen LogP contribution is 2.46. The zero-order valence-electron chi connectivity index (χ0n) is 10.2. The van der Waals surface area contributed by atoms with Gasteiger partial charge in [0.15, 0.2) is 0 Å². The first kappa shape index (κ1) is 12.5. The maximum Gasteiger partial charge on any atom is 0.312 e. The minimum Gasteiger partial charge on any atom is -0.466 e. The van der Waals surface area contributed by atoms with Gasteiger partial charge in [0.25, 0.3) is 0 Å². The van der Waals surface area contributed by atoms with E-state index in [0.29, 0.717) is 6.61 Å². The molecule has 1 aliphatic carbocycles. The predicted octanol–water partition coefficient (Wildman–Crippen LogP) is 3.69. The molecular weight excluding hydrogens is 188 g/mol. The summed E-state index contributed by atoms with van der Waals surface area (Å²) in [5, 5.41) is 0. The van der Waals surface area contributed by atoms with Crippen LogP contribution in [0.4, 0.5) is 0 Å². The van der Waals surface area contributed by atoms with Crippen molar-refractivity contribution < 1.29 is 9.53 Å². The van der Waals surface area contributed by atoms with Crippen LogP contribution in [0.2, 0.25) is 0 Å². The largest absolute Gasteiger partial charge is 0.466 e. The average molecular weight is 212 g/mol. The van der Waals surface area contributed by atoms with Crippen LogP contribution in [0, 0.1) is 5.41 Å². The molecule has 1 saturated carbocycles. The van der Waals surface area contributed by atoms with E-state index in [9.17, 15) is 4.79 Å². The van der Waals surface area contributed by atoms with Crippen LogP contribution in [0.3, 0.4) is 0 Å². The molecule has 1 rings (SSSR count). The van der Waals surface area contributed by atoms with Gasteiger partial charge in [-0.15, -0.1) is 0 Å². The summed E-state index contributed by atoms with van der Waals surface area (Å²) in [6.07, 6.45) is 9.35. The Kier molecular flexibility index (Phi) is 5.13. The average Bonchev–Trinajstić information content (AvgIpc) is 2.16. The Hall–Kier alpha value is -0.530. The summed E-state index contributed by atoms with van der Waals surface area (Å²) < 4.78 is 5.17. The lowest BCUT2D eigenvalue weighted by Crippen LogP contribution is -2.39. The van der Waals surface area contributed by atoms with Crippen molar-refractivity contribution in [2.24, 2.45) is 5.41 Å². The monoisotopic (exact) mass is 212 g/mol. The zero-order valence-corrected chi connectivity index (χ0v) is 10.2. The van der Waals surface area contributed by atoms with Crippen LogP contribution in [0.1, 0.15) is 65.2 Å². The van der Waals surface area contributed by atoms with Crippen molar-refractivity contribution in [3.8, 4) is 0 Å². The van der Waals surface area contributed by atoms with E-state index < -0.39 is 0 Å². The van der Waals surface area contributed by atoms with Crippen molar-refractivity contribution >= 4 is 5.97 Å². The molecule has 0 unspecified atom stereocenters. The molecule has 15 heavy (non-hydrogen) atoms. The lowest BCUT2D eigenvalue weighted by atomic mass is 9.66. The Bertz CT molecular complexity index is 195. The van der Waals surface area contributed by atoms with Crippen molar-refractivity contribution in [3.05, 3.63) is 0 Å². The van der Waals surface area contributed by atoms with Crippen LogP contribution in [-0.2, 0) is 9.53 Å². The summed E-state index contributed by atoms with van der Waals surface area (Å²) in [6.45, 7) is 4.63. The SMILES string of the molecule is CCCCCCC1(C(=O)OCC)CCC1. The van der Waals surface area contributed by atoms with Gasteiger partial charge in [-0.1, -0.05) is 39.0 Å². The maximum atomic E-state index is 11.8. The van der Waals surface area contributed by atoms with Gasteiger partial charge in [-0.05, 0) is 26.2 Å². The van der Waals surface area contributed by atoms with Crippen molar-refractivity contribution in [2.45, 2.75) is 65.2 Å². The Balaban J connectivity index is 2.29. The molecule has 88 valence electrons. The second-order valence-electron chi connectivity index (χ2n) is 4.67. The molecule has 2 heteroatoms. The molecule has 0 bridgehead atoms. The first-order valence-corrected chi connectivity index (χ1v) is 6.42. The molecule has 0 atom stereocenters. The number of carbonyl (C=O) groups excluding carboxylic acids is 1. The first-order valence-electron chi connectivity index (χ1n) is 6.42. The number of hydrogen-bond donors (Lipinski definition) is 0. The molecule has 0 heterocycles. The standard InChI is InChI=1S/C13H24O2/c1-3-5-6-7-9-13(10-8-11-13)12(14)15-4-2/h3-11H2,1-2H3. The third-order valence-electron chi connectivity index (χ3n) is 3.53. The quantitative estimate of drug-likeness (QED) is 0.475. The Labute approximate surface area is 93.4 Å². The molecule has 0 aromatic carbocycles. The van der Waals surface area contributed by atoms with Gasteiger partial charge in [0.2, 0.25) is 0 Å². The third kappa shape index (κ3) is 3.22. The summed E-state index contributed by atoms with van der Waals surface area (Å²) in [6, 6.07) is 0. The summed E-state index contributed by atoms with van der Waals surface area (Å²) in [5.74, 6) is 0.0627. The van der Waals surface area contributed by atoms with E-state index in [4.69, 9.17) is 4.74 Å². The van der Waals surface area contributed by atoms with Gasteiger partial charge in [0.1, 0.15) is 0 Å². The Morgan fingerprint density at radius 1 is 1.20 bits per heavy atom. The zero-order chi connectivity index (χ0) is 11.1. The first-order chi connectivity index (χ1) is 7.25. The molecule has 0 aromatic rings. The molecule has 0 saturated heterocycles. The fraction of sp³-hybridized carbons (Fsp3) is 0.923. The van der Waals surface area contributed by atoms with E-state index in [0.717, 1.165) is 19.3 Å². The predicted molar refractivity (Wildman–Crippen MR) is 61.7 cm³/mol. The van der Waals surface area contributed by atoms with Gasteiger partial charge >= 0.3 is 5.97 Å². The van der Waals surface area contributed by atoms with Crippen molar-refractivity contribution in [1.29, 1.82) is 0 Å². The highest BCUT2D eigenvalue weighted by Gasteiger charge is 2.44. The highest BCUT2D eigenvalue weighted by molar-refractivity contribution is 5.77. The molecule has 2 nitrogen and oxygen atoms in total. The van der Waals surface area contributed by atoms with Gasteiger partial charge in [-0.25, -0.2) is 0 Å². The van der Waals surface area contributed by atoms with Crippen molar-refractivity contribution in [3.63, 3.8) is 0 Å². The van der Waals surface area contributed by atoms with Crippen molar-refractivity contribution in [1.82, 2.24) is 0 Å². The van der Waals surface area contributed by atoms with E-state index in [1.807, 2.05) is 6.92 Å². The van der Waals surface area contributed by atoms with E-state index in [1.54, 1.807) is 0 Å². The summed E-state index contributed by atoms with van der Waals surface area (Å²) >= 11 is 0. The summed E-state index contributed by atoms with van der Waals surface area (Å²) in [4.78, 5) is 11.8. The van der Waals surface area contributed by atoms with Crippen LogP contribution < -0.4 is 0 Å². The van der Waals surface area contributed by atoms with Gasteiger partial charge in [-0.3, -0.25) is 4.79 Å². The molecule has 1 aliphatic rings. The Morgan fingerprint density at radius 2 is 1.93 bits per heavy atom. The maximum absolute atomic E-state index is 11.8. The fourth-order valence-electron chi connectivity index (χ4n) is 2.33. The third-order valence-corrected chi connectivity index (χ3v) is 3.53. The number of hydrogen-bond acceptors (Lipinski definition) is 2. The number of esters is 1. The van der Waals surface area contributed by atoms with Crippen LogP contribution in [0.25, 0.3) is 0 Å². The fourth-order valence-corrected chi connectivity index (χ4v) is 2.33. The van der Waals surface area contributed by atoms with E-state index in [2.05, 4.69) is 6.92 Å². The number of rotatable bonds is 7. The molecule has 0 N–H and O–H groups in total. The van der Waals surface area contributed by atoms with Gasteiger partial charge in [0.05, 0.1) is 12.0 Å². The summed E-state index contributed by atoms with van der Waals surface area (Å²) in [5.41, 5.74) is -0.0796. The molecular formula is C13H24O2. The molecule has 0 radical (unpaired) electrons. The molecule has 0 aromatic heterocycles. The number of unbranched alkanes of at least 4 members (excludes halogenated alkanes) is 3. The number of carbonyl (C=O) groups is 1.